The van der Waals surface area contributed by atoms with Crippen molar-refractivity contribution in [3.8, 4) is 0 Å². The molecule has 1 spiro atoms. The highest BCUT2D eigenvalue weighted by atomic mass is 16.4. The standard InChI is InChI=1S/C23H33NO5/c1-14(20(27)24-17(13-25)21(28)29)5-4-8-22(3)18-11-16-6-9-23(18,12-15(16)2)10-7-19(22)26/h7,10,14,16-18,25H,2,4-6,8-9,11-13H2,1,3H3,(H,24,27)(H,28,29)/t14?,16-,17-,18-,22-,23-/m0/s1. The summed E-state index contributed by atoms with van der Waals surface area (Å²) in [7, 11) is 0. The molecular formula is C23H33NO5. The zero-order chi connectivity index (χ0) is 21.4. The van der Waals surface area contributed by atoms with Gasteiger partial charge in [-0.25, -0.2) is 4.79 Å². The van der Waals surface area contributed by atoms with Crippen LogP contribution < -0.4 is 5.32 Å². The maximum absolute atomic E-state index is 12.9. The van der Waals surface area contributed by atoms with Crippen LogP contribution in [-0.4, -0.2) is 40.5 Å². The second-order valence-electron chi connectivity index (χ2n) is 9.58. The molecule has 0 aromatic carbocycles. The summed E-state index contributed by atoms with van der Waals surface area (Å²) in [5.41, 5.74) is 0.975. The number of hydrogen-bond donors (Lipinski definition) is 3. The number of ketones is 1. The summed E-state index contributed by atoms with van der Waals surface area (Å²) >= 11 is 0. The molecule has 0 saturated heterocycles. The number of aliphatic hydroxyl groups is 1. The number of amides is 1. The van der Waals surface area contributed by atoms with Gasteiger partial charge in [-0.3, -0.25) is 9.59 Å². The zero-order valence-corrected chi connectivity index (χ0v) is 17.4. The van der Waals surface area contributed by atoms with Crippen molar-refractivity contribution in [3.05, 3.63) is 24.3 Å². The van der Waals surface area contributed by atoms with Gasteiger partial charge in [-0.1, -0.05) is 38.5 Å². The van der Waals surface area contributed by atoms with Crippen LogP contribution in [0.4, 0.5) is 0 Å². The average molecular weight is 404 g/mol. The fourth-order valence-electron chi connectivity index (χ4n) is 5.86. The van der Waals surface area contributed by atoms with Gasteiger partial charge in [-0.15, -0.1) is 0 Å². The van der Waals surface area contributed by atoms with Crippen LogP contribution in [0.2, 0.25) is 0 Å². The van der Waals surface area contributed by atoms with Gasteiger partial charge in [0.25, 0.3) is 0 Å². The van der Waals surface area contributed by atoms with E-state index in [1.807, 2.05) is 0 Å². The summed E-state index contributed by atoms with van der Waals surface area (Å²) in [6.45, 7) is 7.48. The van der Waals surface area contributed by atoms with Gasteiger partial charge in [0.05, 0.1) is 6.61 Å². The van der Waals surface area contributed by atoms with Crippen molar-refractivity contribution < 1.29 is 24.6 Å². The molecule has 4 rings (SSSR count). The van der Waals surface area contributed by atoms with Crippen molar-refractivity contribution in [2.75, 3.05) is 6.61 Å². The van der Waals surface area contributed by atoms with Gasteiger partial charge >= 0.3 is 5.97 Å². The van der Waals surface area contributed by atoms with E-state index in [0.717, 1.165) is 38.5 Å². The first-order chi connectivity index (χ1) is 13.6. The van der Waals surface area contributed by atoms with Gasteiger partial charge in [-0.05, 0) is 61.9 Å². The van der Waals surface area contributed by atoms with Crippen molar-refractivity contribution in [1.82, 2.24) is 5.32 Å². The summed E-state index contributed by atoms with van der Waals surface area (Å²) in [5, 5.41) is 20.4. The lowest BCUT2D eigenvalue weighted by Gasteiger charge is -2.59. The molecule has 2 bridgehead atoms. The first-order valence-corrected chi connectivity index (χ1v) is 10.7. The zero-order valence-electron chi connectivity index (χ0n) is 17.4. The number of carboxylic acids is 1. The minimum absolute atomic E-state index is 0.0628. The maximum atomic E-state index is 12.9. The Morgan fingerprint density at radius 2 is 2.14 bits per heavy atom. The Hall–Kier alpha value is -1.95. The van der Waals surface area contributed by atoms with Gasteiger partial charge in [0.15, 0.2) is 5.78 Å². The molecule has 3 saturated carbocycles. The molecule has 3 N–H and O–H groups in total. The predicted octanol–water partition coefficient (Wildman–Crippen LogP) is 2.86. The lowest BCUT2D eigenvalue weighted by atomic mass is 9.44. The number of aliphatic hydroxyl groups excluding tert-OH is 1. The Balaban J connectivity index is 1.62. The molecule has 6 atom stereocenters. The van der Waals surface area contributed by atoms with Crippen molar-refractivity contribution in [1.29, 1.82) is 0 Å². The average Bonchev–Trinajstić information content (AvgIpc) is 2.68. The highest BCUT2D eigenvalue weighted by molar-refractivity contribution is 5.96. The first-order valence-electron chi connectivity index (χ1n) is 10.7. The molecule has 0 radical (unpaired) electrons. The maximum Gasteiger partial charge on any atom is 0.328 e. The number of hydrogen-bond acceptors (Lipinski definition) is 4. The molecule has 0 aromatic heterocycles. The summed E-state index contributed by atoms with van der Waals surface area (Å²) in [4.78, 5) is 36.1. The van der Waals surface area contributed by atoms with Crippen molar-refractivity contribution in [3.63, 3.8) is 0 Å². The second kappa shape index (κ2) is 8.05. The van der Waals surface area contributed by atoms with E-state index < -0.39 is 24.0 Å². The molecule has 1 amide bonds. The Kier molecular flexibility index (Phi) is 6.04. The summed E-state index contributed by atoms with van der Waals surface area (Å²) in [6.07, 6.45) is 10.3. The fraction of sp³-hybridized carbons (Fsp3) is 0.696. The third-order valence-corrected chi connectivity index (χ3v) is 7.78. The summed E-state index contributed by atoms with van der Waals surface area (Å²) in [5.74, 6) is -0.967. The third-order valence-electron chi connectivity index (χ3n) is 7.78. The Bertz CT molecular complexity index is 744. The molecule has 1 unspecified atom stereocenters. The third kappa shape index (κ3) is 3.91. The molecule has 0 aliphatic heterocycles. The quantitative estimate of drug-likeness (QED) is 0.541. The van der Waals surface area contributed by atoms with E-state index in [2.05, 4.69) is 24.9 Å². The largest absolute Gasteiger partial charge is 0.480 e. The molecule has 0 aromatic rings. The highest BCUT2D eigenvalue weighted by Crippen LogP contribution is 2.64. The van der Waals surface area contributed by atoms with Crippen molar-refractivity contribution in [2.24, 2.45) is 28.6 Å². The van der Waals surface area contributed by atoms with Crippen LogP contribution in [-0.2, 0) is 14.4 Å². The van der Waals surface area contributed by atoms with E-state index in [1.165, 1.54) is 5.57 Å². The van der Waals surface area contributed by atoms with Crippen molar-refractivity contribution in [2.45, 2.75) is 64.8 Å². The number of aliphatic carboxylic acids is 1. The molecule has 4 aliphatic rings. The normalized spacial score (nSPS) is 35.1. The van der Waals surface area contributed by atoms with Gasteiger partial charge in [0.1, 0.15) is 6.04 Å². The number of nitrogens with one attached hydrogen (secondary N) is 1. The molecule has 29 heavy (non-hydrogen) atoms. The molecule has 0 heterocycles. The molecule has 160 valence electrons. The van der Waals surface area contributed by atoms with Crippen LogP contribution in [0.15, 0.2) is 24.3 Å². The number of allylic oxidation sites excluding steroid dienone is 3. The lowest BCUT2D eigenvalue weighted by Crippen LogP contribution is -2.53. The summed E-state index contributed by atoms with van der Waals surface area (Å²) < 4.78 is 0. The number of carbonyl (C=O) groups is 3. The van der Waals surface area contributed by atoms with Crippen LogP contribution in [0.5, 0.6) is 0 Å². The fourth-order valence-corrected chi connectivity index (χ4v) is 5.86. The minimum Gasteiger partial charge on any atom is -0.480 e. The van der Waals surface area contributed by atoms with Gasteiger partial charge in [0.2, 0.25) is 5.91 Å². The SMILES string of the molecule is C=C1C[C@]23C=CC(=O)[C@@](C)(CCCC(C)C(=O)N[C@@H](CO)C(=O)O)[C@@H]2C[C@@H]1CC3. The molecular weight excluding hydrogens is 370 g/mol. The Morgan fingerprint density at radius 3 is 2.76 bits per heavy atom. The molecule has 6 heteroatoms. The van der Waals surface area contributed by atoms with E-state index >= 15 is 0 Å². The summed E-state index contributed by atoms with van der Waals surface area (Å²) in [6, 6.07) is -1.28. The predicted molar refractivity (Wildman–Crippen MR) is 109 cm³/mol. The highest BCUT2D eigenvalue weighted by Gasteiger charge is 2.57. The van der Waals surface area contributed by atoms with Gasteiger partial charge in [0, 0.05) is 11.3 Å². The van der Waals surface area contributed by atoms with Crippen LogP contribution in [0.25, 0.3) is 0 Å². The van der Waals surface area contributed by atoms with Crippen molar-refractivity contribution >= 4 is 17.7 Å². The number of carbonyl (C=O) groups excluding carboxylic acids is 2. The van der Waals surface area contributed by atoms with Gasteiger partial charge in [-0.2, -0.15) is 0 Å². The van der Waals surface area contributed by atoms with Crippen LogP contribution in [0.1, 0.15) is 58.8 Å². The topological polar surface area (TPSA) is 104 Å². The van der Waals surface area contributed by atoms with Crippen LogP contribution >= 0.6 is 0 Å². The molecule has 6 nitrogen and oxygen atoms in total. The minimum atomic E-state index is -1.28. The van der Waals surface area contributed by atoms with Gasteiger partial charge < -0.3 is 15.5 Å². The second-order valence-corrected chi connectivity index (χ2v) is 9.58. The smallest absolute Gasteiger partial charge is 0.328 e. The Labute approximate surface area is 172 Å². The monoisotopic (exact) mass is 403 g/mol. The van der Waals surface area contributed by atoms with E-state index in [0.29, 0.717) is 18.3 Å². The Morgan fingerprint density at radius 1 is 1.41 bits per heavy atom. The van der Waals surface area contributed by atoms with Crippen LogP contribution in [0.3, 0.4) is 0 Å². The van der Waals surface area contributed by atoms with E-state index in [1.54, 1.807) is 13.0 Å². The first kappa shape index (κ1) is 21.8. The molecule has 4 aliphatic carbocycles. The van der Waals surface area contributed by atoms with Crippen LogP contribution in [0, 0.1) is 28.6 Å². The van der Waals surface area contributed by atoms with E-state index in [-0.39, 0.29) is 23.0 Å². The van der Waals surface area contributed by atoms with E-state index in [9.17, 15) is 14.4 Å². The number of carboxylic acid groups (broad SMARTS) is 1. The number of fused-ring (bicyclic) bond motifs is 2. The lowest BCUT2D eigenvalue weighted by molar-refractivity contribution is -0.143. The molecule has 3 fully saturated rings. The number of rotatable bonds is 8. The van der Waals surface area contributed by atoms with E-state index in [4.69, 9.17) is 10.2 Å².